The minimum Gasteiger partial charge on any atom is -0.437 e. The molecule has 2 aromatic rings. The van der Waals surface area contributed by atoms with Crippen LogP contribution in [0, 0.1) is 10.1 Å². The summed E-state index contributed by atoms with van der Waals surface area (Å²) in [5, 5.41) is 10.9. The second-order valence-corrected chi connectivity index (χ2v) is 6.55. The lowest BCUT2D eigenvalue weighted by Gasteiger charge is -2.39. The first-order valence-electron chi connectivity index (χ1n) is 8.46. The van der Waals surface area contributed by atoms with Crippen LogP contribution < -0.4 is 9.47 Å². The highest BCUT2D eigenvalue weighted by Gasteiger charge is 2.44. The quantitative estimate of drug-likeness (QED) is 0.540. The predicted molar refractivity (Wildman–Crippen MR) is 89.9 cm³/mol. The van der Waals surface area contributed by atoms with Gasteiger partial charge in [-0.1, -0.05) is 19.1 Å². The van der Waals surface area contributed by atoms with Crippen LogP contribution in [0.5, 0.6) is 11.8 Å². The maximum Gasteiger partial charge on any atom is 0.573 e. The molecule has 0 aliphatic carbocycles. The van der Waals surface area contributed by atoms with E-state index in [1.165, 1.54) is 35.0 Å². The molecule has 8 nitrogen and oxygen atoms in total. The summed E-state index contributed by atoms with van der Waals surface area (Å²) in [5.74, 6) is -0.625. The molecule has 0 amide bonds. The van der Waals surface area contributed by atoms with Crippen molar-refractivity contribution in [3.8, 4) is 11.8 Å². The van der Waals surface area contributed by atoms with Crippen molar-refractivity contribution in [2.45, 2.75) is 51.5 Å². The van der Waals surface area contributed by atoms with Crippen LogP contribution in [-0.4, -0.2) is 32.5 Å². The Balaban J connectivity index is 1.69. The molecule has 3 rings (SSSR count). The number of imidazole rings is 1. The van der Waals surface area contributed by atoms with Crippen LogP contribution in [0.1, 0.15) is 25.8 Å². The lowest BCUT2D eigenvalue weighted by atomic mass is 9.94. The fourth-order valence-corrected chi connectivity index (χ4v) is 2.84. The first-order chi connectivity index (χ1) is 13.1. The molecule has 0 saturated carbocycles. The van der Waals surface area contributed by atoms with Crippen LogP contribution in [0.15, 0.2) is 30.5 Å². The normalized spacial score (nSPS) is 21.7. The molecule has 0 saturated heterocycles. The molecule has 1 aliphatic rings. The van der Waals surface area contributed by atoms with Crippen LogP contribution in [0.4, 0.5) is 19.0 Å². The van der Waals surface area contributed by atoms with Crippen LogP contribution >= 0.6 is 0 Å². The van der Waals surface area contributed by atoms with Crippen molar-refractivity contribution in [2.75, 3.05) is 0 Å². The number of hydrogen-bond acceptors (Lipinski definition) is 6. The summed E-state index contributed by atoms with van der Waals surface area (Å²) in [6.45, 7) is 4.15. The molecule has 0 radical (unpaired) electrons. The number of nitro groups is 1. The Morgan fingerprint density at radius 3 is 2.64 bits per heavy atom. The van der Waals surface area contributed by atoms with Crippen molar-refractivity contribution in [1.29, 1.82) is 0 Å². The standard InChI is InChI=1S/C17H18F3N3O5/c1-3-16(2)13(8-22-9-14(23(24)25)21-15(22)28-16)26-10-11-4-6-12(7-5-11)27-17(18,19)20/h4-7,9,13H,3,8,10H2,1-2H3/t13?,16-/m1/s1. The van der Waals surface area contributed by atoms with Crippen molar-refractivity contribution < 1.29 is 32.3 Å². The molecular formula is C17H18F3N3O5. The zero-order chi connectivity index (χ0) is 20.5. The summed E-state index contributed by atoms with van der Waals surface area (Å²) < 4.78 is 53.8. The van der Waals surface area contributed by atoms with E-state index < -0.39 is 23.0 Å². The molecule has 1 aliphatic heterocycles. The zero-order valence-corrected chi connectivity index (χ0v) is 15.1. The van der Waals surface area contributed by atoms with Gasteiger partial charge in [-0.3, -0.25) is 4.57 Å². The molecule has 0 bridgehead atoms. The van der Waals surface area contributed by atoms with Gasteiger partial charge in [0.2, 0.25) is 0 Å². The van der Waals surface area contributed by atoms with E-state index in [9.17, 15) is 23.3 Å². The van der Waals surface area contributed by atoms with Crippen LogP contribution in [0.25, 0.3) is 0 Å². The van der Waals surface area contributed by atoms with Gasteiger partial charge in [0.25, 0.3) is 0 Å². The second-order valence-electron chi connectivity index (χ2n) is 6.55. The lowest BCUT2D eigenvalue weighted by molar-refractivity contribution is -0.389. The average Bonchev–Trinajstić information content (AvgIpc) is 3.02. The summed E-state index contributed by atoms with van der Waals surface area (Å²) in [7, 11) is 0. The topological polar surface area (TPSA) is 88.7 Å². The molecule has 152 valence electrons. The first-order valence-corrected chi connectivity index (χ1v) is 8.46. The van der Waals surface area contributed by atoms with Crippen molar-refractivity contribution in [3.05, 3.63) is 46.1 Å². The van der Waals surface area contributed by atoms with Gasteiger partial charge in [0.05, 0.1) is 13.2 Å². The summed E-state index contributed by atoms with van der Waals surface area (Å²) in [6, 6.07) is 5.52. The molecular weight excluding hydrogens is 383 g/mol. The van der Waals surface area contributed by atoms with Gasteiger partial charge < -0.3 is 24.3 Å². The van der Waals surface area contributed by atoms with E-state index in [-0.39, 0.29) is 24.2 Å². The lowest BCUT2D eigenvalue weighted by Crippen LogP contribution is -2.51. The number of fused-ring (bicyclic) bond motifs is 1. The number of nitrogens with zero attached hydrogens (tertiary/aromatic N) is 3. The van der Waals surface area contributed by atoms with Gasteiger partial charge in [-0.05, 0) is 36.0 Å². The van der Waals surface area contributed by atoms with Crippen molar-refractivity contribution in [3.63, 3.8) is 0 Å². The number of rotatable bonds is 6. The van der Waals surface area contributed by atoms with Crippen LogP contribution in [0.3, 0.4) is 0 Å². The maximum absolute atomic E-state index is 12.2. The fraction of sp³-hybridized carbons (Fsp3) is 0.471. The number of benzene rings is 1. The van der Waals surface area contributed by atoms with E-state index in [1.54, 1.807) is 0 Å². The van der Waals surface area contributed by atoms with Gasteiger partial charge in [0.15, 0.2) is 0 Å². The molecule has 0 N–H and O–H groups in total. The van der Waals surface area contributed by atoms with Gasteiger partial charge >= 0.3 is 18.2 Å². The van der Waals surface area contributed by atoms with E-state index in [2.05, 4.69) is 9.72 Å². The minimum absolute atomic E-state index is 0.127. The highest BCUT2D eigenvalue weighted by Crippen LogP contribution is 2.34. The summed E-state index contributed by atoms with van der Waals surface area (Å²) in [4.78, 5) is 14.2. The van der Waals surface area contributed by atoms with Crippen molar-refractivity contribution in [1.82, 2.24) is 9.55 Å². The van der Waals surface area contributed by atoms with Gasteiger partial charge in [-0.15, -0.1) is 13.2 Å². The summed E-state index contributed by atoms with van der Waals surface area (Å²) in [6.07, 6.45) is -3.34. The molecule has 2 atom stereocenters. The molecule has 1 aromatic heterocycles. The minimum atomic E-state index is -4.74. The van der Waals surface area contributed by atoms with E-state index >= 15 is 0 Å². The van der Waals surface area contributed by atoms with Crippen molar-refractivity contribution in [2.24, 2.45) is 0 Å². The fourth-order valence-electron chi connectivity index (χ4n) is 2.84. The third kappa shape index (κ3) is 4.35. The van der Waals surface area contributed by atoms with E-state index in [0.717, 1.165) is 0 Å². The SMILES string of the molecule is CC[C@@]1(C)Oc2nc([N+](=O)[O-])cn2CC1OCc1ccc(OC(F)(F)F)cc1. The Bertz CT molecular complexity index is 853. The highest BCUT2D eigenvalue weighted by molar-refractivity contribution is 5.27. The molecule has 0 fully saturated rings. The van der Waals surface area contributed by atoms with E-state index in [0.29, 0.717) is 18.5 Å². The van der Waals surface area contributed by atoms with E-state index in [4.69, 9.17) is 9.47 Å². The highest BCUT2D eigenvalue weighted by atomic mass is 19.4. The predicted octanol–water partition coefficient (Wildman–Crippen LogP) is 3.84. The smallest absolute Gasteiger partial charge is 0.437 e. The molecule has 2 heterocycles. The number of hydrogen-bond donors (Lipinski definition) is 0. The maximum atomic E-state index is 12.2. The van der Waals surface area contributed by atoms with E-state index in [1.807, 2.05) is 13.8 Å². The number of aromatic nitrogens is 2. The Labute approximate surface area is 158 Å². The van der Waals surface area contributed by atoms with Gasteiger partial charge in [-0.2, -0.15) is 0 Å². The first kappa shape index (κ1) is 19.9. The second kappa shape index (κ2) is 7.30. The van der Waals surface area contributed by atoms with Crippen LogP contribution in [0.2, 0.25) is 0 Å². The third-order valence-corrected chi connectivity index (χ3v) is 4.59. The Morgan fingerprint density at radius 1 is 1.39 bits per heavy atom. The number of halogens is 3. The number of ether oxygens (including phenoxy) is 3. The van der Waals surface area contributed by atoms with Gasteiger partial charge in [0.1, 0.15) is 23.7 Å². The van der Waals surface area contributed by atoms with Gasteiger partial charge in [-0.25, -0.2) is 0 Å². The molecule has 11 heteroatoms. The molecule has 0 spiro atoms. The van der Waals surface area contributed by atoms with Crippen LogP contribution in [-0.2, 0) is 17.9 Å². The largest absolute Gasteiger partial charge is 0.573 e. The zero-order valence-electron chi connectivity index (χ0n) is 15.1. The summed E-state index contributed by atoms with van der Waals surface area (Å²) in [5.41, 5.74) is -0.107. The third-order valence-electron chi connectivity index (χ3n) is 4.59. The number of alkyl halides is 3. The molecule has 1 aromatic carbocycles. The Morgan fingerprint density at radius 2 is 2.07 bits per heavy atom. The van der Waals surface area contributed by atoms with Crippen molar-refractivity contribution >= 4 is 5.82 Å². The summed E-state index contributed by atoms with van der Waals surface area (Å²) >= 11 is 0. The molecule has 1 unspecified atom stereocenters. The monoisotopic (exact) mass is 401 g/mol. The molecule has 28 heavy (non-hydrogen) atoms. The Hall–Kier alpha value is -2.82. The average molecular weight is 401 g/mol. The van der Waals surface area contributed by atoms with Gasteiger partial charge in [0, 0.05) is 4.98 Å². The Kier molecular flexibility index (Phi) is 5.20.